The van der Waals surface area contributed by atoms with Crippen LogP contribution in [-0.2, 0) is 4.79 Å². The monoisotopic (exact) mass is 347 g/mol. The molecule has 0 heterocycles. The lowest BCUT2D eigenvalue weighted by atomic mass is 10.1. The van der Waals surface area contributed by atoms with E-state index in [9.17, 15) is 18.7 Å². The van der Waals surface area contributed by atoms with Crippen molar-refractivity contribution in [2.75, 3.05) is 11.9 Å². The number of rotatable bonds is 7. The fourth-order valence-electron chi connectivity index (χ4n) is 2.42. The summed E-state index contributed by atoms with van der Waals surface area (Å²) in [5.74, 6) is -0.656. The molecule has 0 spiro atoms. The predicted molar refractivity (Wildman–Crippen MR) is 89.2 cm³/mol. The second-order valence-electron chi connectivity index (χ2n) is 6.22. The Bertz CT molecular complexity index is 762. The van der Waals surface area contributed by atoms with Gasteiger partial charge in [-0.3, -0.25) is 4.79 Å². The topological polar surface area (TPSA) is 58.6 Å². The maximum Gasteiger partial charge on any atom is 0.227 e. The van der Waals surface area contributed by atoms with Crippen LogP contribution in [0, 0.1) is 17.6 Å². The fourth-order valence-corrected chi connectivity index (χ4v) is 2.42. The molecule has 132 valence electrons. The Labute approximate surface area is 144 Å². The van der Waals surface area contributed by atoms with Crippen LogP contribution < -0.4 is 10.1 Å². The van der Waals surface area contributed by atoms with Crippen LogP contribution in [0.3, 0.4) is 0 Å². The first-order valence-electron chi connectivity index (χ1n) is 8.17. The summed E-state index contributed by atoms with van der Waals surface area (Å²) in [6.07, 6.45) is 0.809. The molecule has 1 saturated carbocycles. The average Bonchev–Trinajstić information content (AvgIpc) is 3.39. The Morgan fingerprint density at radius 2 is 1.96 bits per heavy atom. The van der Waals surface area contributed by atoms with Gasteiger partial charge in [0, 0.05) is 6.07 Å². The lowest BCUT2D eigenvalue weighted by Crippen LogP contribution is -2.16. The summed E-state index contributed by atoms with van der Waals surface area (Å²) < 4.78 is 32.2. The van der Waals surface area contributed by atoms with Gasteiger partial charge in [-0.05, 0) is 48.6 Å². The van der Waals surface area contributed by atoms with Crippen LogP contribution >= 0.6 is 0 Å². The number of benzene rings is 2. The molecule has 1 aliphatic carbocycles. The number of nitrogens with one attached hydrogen (secondary N) is 1. The van der Waals surface area contributed by atoms with Crippen molar-refractivity contribution in [2.24, 2.45) is 5.92 Å². The first-order valence-corrected chi connectivity index (χ1v) is 8.17. The number of anilines is 1. The molecule has 0 radical (unpaired) electrons. The van der Waals surface area contributed by atoms with E-state index in [0.29, 0.717) is 23.8 Å². The summed E-state index contributed by atoms with van der Waals surface area (Å²) in [5, 5.41) is 12.7. The highest BCUT2D eigenvalue weighted by molar-refractivity contribution is 5.92. The molecule has 3 rings (SSSR count). The molecule has 6 heteroatoms. The number of aliphatic hydroxyl groups excluding tert-OH is 1. The first kappa shape index (κ1) is 17.4. The number of ether oxygens (including phenoxy) is 1. The van der Waals surface area contributed by atoms with E-state index in [1.165, 1.54) is 36.4 Å². The lowest BCUT2D eigenvalue weighted by Gasteiger charge is -2.14. The Kier molecular flexibility index (Phi) is 5.28. The van der Waals surface area contributed by atoms with Crippen molar-refractivity contribution in [3.63, 3.8) is 0 Å². The normalized spacial score (nSPS) is 14.8. The van der Waals surface area contributed by atoms with Gasteiger partial charge in [-0.25, -0.2) is 8.78 Å². The lowest BCUT2D eigenvalue weighted by molar-refractivity contribution is -0.118. The minimum atomic E-state index is -1.13. The van der Waals surface area contributed by atoms with E-state index in [1.54, 1.807) is 6.07 Å². The van der Waals surface area contributed by atoms with Gasteiger partial charge < -0.3 is 15.2 Å². The zero-order chi connectivity index (χ0) is 17.8. The Balaban J connectivity index is 1.63. The van der Waals surface area contributed by atoms with Crippen LogP contribution in [0.2, 0.25) is 0 Å². The van der Waals surface area contributed by atoms with Crippen molar-refractivity contribution in [1.29, 1.82) is 0 Å². The highest BCUT2D eigenvalue weighted by Crippen LogP contribution is 2.32. The molecule has 4 nitrogen and oxygen atoms in total. The first-order chi connectivity index (χ1) is 12.0. The van der Waals surface area contributed by atoms with Gasteiger partial charge in [-0.1, -0.05) is 12.1 Å². The third-order valence-electron chi connectivity index (χ3n) is 4.00. The number of carbonyl (C=O) groups excluding carboxylic acids is 1. The summed E-state index contributed by atoms with van der Waals surface area (Å²) in [7, 11) is 0. The van der Waals surface area contributed by atoms with Crippen molar-refractivity contribution in [3.05, 3.63) is 59.7 Å². The summed E-state index contributed by atoms with van der Waals surface area (Å²) >= 11 is 0. The van der Waals surface area contributed by atoms with Crippen molar-refractivity contribution < 1.29 is 23.4 Å². The molecule has 2 aromatic carbocycles. The van der Waals surface area contributed by atoms with Crippen molar-refractivity contribution in [3.8, 4) is 5.75 Å². The van der Waals surface area contributed by atoms with E-state index in [1.807, 2.05) is 0 Å². The second-order valence-corrected chi connectivity index (χ2v) is 6.22. The van der Waals surface area contributed by atoms with Gasteiger partial charge in [-0.2, -0.15) is 0 Å². The van der Waals surface area contributed by atoms with Crippen LogP contribution in [0.1, 0.15) is 30.9 Å². The van der Waals surface area contributed by atoms with Crippen LogP contribution in [0.25, 0.3) is 0 Å². The molecule has 2 N–H and O–H groups in total. The fraction of sp³-hybridized carbons (Fsp3) is 0.316. The van der Waals surface area contributed by atoms with Crippen LogP contribution in [-0.4, -0.2) is 17.6 Å². The van der Waals surface area contributed by atoms with Crippen LogP contribution in [0.5, 0.6) is 5.75 Å². The van der Waals surface area contributed by atoms with E-state index >= 15 is 0 Å². The minimum Gasteiger partial charge on any atom is -0.491 e. The molecule has 0 aliphatic heterocycles. The molecular formula is C19H19F2NO3. The average molecular weight is 347 g/mol. The minimum absolute atomic E-state index is 0.247. The van der Waals surface area contributed by atoms with Gasteiger partial charge in [0.15, 0.2) is 0 Å². The van der Waals surface area contributed by atoms with Crippen LogP contribution in [0.15, 0.2) is 42.5 Å². The maximum atomic E-state index is 13.4. The summed E-state index contributed by atoms with van der Waals surface area (Å²) in [4.78, 5) is 12.2. The van der Waals surface area contributed by atoms with Gasteiger partial charge in [0.1, 0.15) is 17.4 Å². The van der Waals surface area contributed by atoms with E-state index in [0.717, 1.165) is 12.8 Å². The molecule has 1 unspecified atom stereocenters. The number of halogens is 2. The summed E-state index contributed by atoms with van der Waals surface area (Å²) in [5.41, 5.74) is 0.665. The van der Waals surface area contributed by atoms with E-state index in [-0.39, 0.29) is 12.2 Å². The molecule has 1 atom stereocenters. The van der Waals surface area contributed by atoms with E-state index in [2.05, 4.69) is 5.32 Å². The van der Waals surface area contributed by atoms with Gasteiger partial charge in [0.2, 0.25) is 5.91 Å². The van der Waals surface area contributed by atoms with Gasteiger partial charge >= 0.3 is 0 Å². The third-order valence-corrected chi connectivity index (χ3v) is 4.00. The number of hydrogen-bond acceptors (Lipinski definition) is 3. The molecule has 0 aromatic heterocycles. The molecule has 1 aliphatic rings. The summed E-state index contributed by atoms with van der Waals surface area (Å²) in [6, 6.07) is 9.32. The van der Waals surface area contributed by atoms with Gasteiger partial charge in [0.05, 0.1) is 24.8 Å². The Morgan fingerprint density at radius 1 is 1.20 bits per heavy atom. The molecular weight excluding hydrogens is 328 g/mol. The molecule has 1 amide bonds. The number of aliphatic hydroxyl groups is 1. The maximum absolute atomic E-state index is 13.4. The number of amides is 1. The molecule has 1 fully saturated rings. The third kappa shape index (κ3) is 5.00. The van der Waals surface area contributed by atoms with E-state index < -0.39 is 23.6 Å². The van der Waals surface area contributed by atoms with Gasteiger partial charge in [0.25, 0.3) is 0 Å². The number of carbonyl (C=O) groups is 1. The zero-order valence-electron chi connectivity index (χ0n) is 13.5. The standard InChI is InChI=1S/C19H19F2NO3/c20-14-3-1-2-13(8-14)17(23)10-19(24)22-16-7-6-15(21)9-18(16)25-11-12-4-5-12/h1-3,6-9,12,17,23H,4-5,10-11H2,(H,22,24). The number of hydrogen-bond donors (Lipinski definition) is 2. The zero-order valence-corrected chi connectivity index (χ0v) is 13.5. The molecule has 25 heavy (non-hydrogen) atoms. The van der Waals surface area contributed by atoms with Crippen molar-refractivity contribution in [2.45, 2.75) is 25.4 Å². The highest BCUT2D eigenvalue weighted by Gasteiger charge is 2.23. The Morgan fingerprint density at radius 3 is 2.68 bits per heavy atom. The molecule has 0 bridgehead atoms. The van der Waals surface area contributed by atoms with Crippen molar-refractivity contribution in [1.82, 2.24) is 0 Å². The van der Waals surface area contributed by atoms with E-state index in [4.69, 9.17) is 4.74 Å². The van der Waals surface area contributed by atoms with Crippen molar-refractivity contribution >= 4 is 11.6 Å². The molecule has 2 aromatic rings. The van der Waals surface area contributed by atoms with Gasteiger partial charge in [-0.15, -0.1) is 0 Å². The quantitative estimate of drug-likeness (QED) is 0.801. The Hall–Kier alpha value is -2.47. The van der Waals surface area contributed by atoms with Crippen LogP contribution in [0.4, 0.5) is 14.5 Å². The highest BCUT2D eigenvalue weighted by atomic mass is 19.1. The molecule has 0 saturated heterocycles. The smallest absolute Gasteiger partial charge is 0.227 e. The largest absolute Gasteiger partial charge is 0.491 e. The summed E-state index contributed by atoms with van der Waals surface area (Å²) in [6.45, 7) is 0.484. The SMILES string of the molecule is O=C(CC(O)c1cccc(F)c1)Nc1ccc(F)cc1OCC1CC1. The predicted octanol–water partition coefficient (Wildman–Crippen LogP) is 3.82. The second kappa shape index (κ2) is 7.61.